The van der Waals surface area contributed by atoms with Crippen molar-refractivity contribution >= 4 is 5.97 Å². The van der Waals surface area contributed by atoms with E-state index in [0.29, 0.717) is 6.42 Å². The van der Waals surface area contributed by atoms with Gasteiger partial charge in [-0.25, -0.2) is 0 Å². The Bertz CT molecular complexity index is 649. The number of unbranched alkanes of at least 4 members (excludes halogenated alkanes) is 1. The molecule has 2 unspecified atom stereocenters. The number of hydrogen-bond donors (Lipinski definition) is 0. The standard InChI is InChI=1S/C27H44O6/c1-4-5-14-27(2,3)23(33-26-11-7-9-16-30-26)13-12-19-20-17-24(28)31-22(20)18-21(19)32-25-10-6-8-15-29-25/h12-13,19-23,25-26H,4-11,14-18H2,1-3H3/b13-12+/t19-,20-,21-,22+,23+,25?,26?/m1/s1. The van der Waals surface area contributed by atoms with Gasteiger partial charge in [-0.2, -0.15) is 0 Å². The van der Waals surface area contributed by atoms with Crippen LogP contribution < -0.4 is 0 Å². The average molecular weight is 465 g/mol. The van der Waals surface area contributed by atoms with E-state index in [2.05, 4.69) is 32.9 Å². The molecule has 6 heteroatoms. The van der Waals surface area contributed by atoms with Gasteiger partial charge < -0.3 is 23.7 Å². The van der Waals surface area contributed by atoms with Crippen molar-refractivity contribution in [3.05, 3.63) is 12.2 Å². The van der Waals surface area contributed by atoms with Crippen LogP contribution in [0, 0.1) is 17.3 Å². The summed E-state index contributed by atoms with van der Waals surface area (Å²) < 4.78 is 30.4. The van der Waals surface area contributed by atoms with Gasteiger partial charge in [0, 0.05) is 31.5 Å². The summed E-state index contributed by atoms with van der Waals surface area (Å²) in [6.45, 7) is 8.37. The van der Waals surface area contributed by atoms with E-state index in [0.717, 1.165) is 64.6 Å². The zero-order valence-electron chi connectivity index (χ0n) is 20.8. The minimum atomic E-state index is -0.141. The Morgan fingerprint density at radius 3 is 2.48 bits per heavy atom. The lowest BCUT2D eigenvalue weighted by atomic mass is 9.80. The van der Waals surface area contributed by atoms with Crippen molar-refractivity contribution in [2.75, 3.05) is 13.2 Å². The van der Waals surface area contributed by atoms with E-state index in [-0.39, 0.29) is 54.1 Å². The van der Waals surface area contributed by atoms with Crippen LogP contribution in [0.15, 0.2) is 12.2 Å². The quantitative estimate of drug-likeness (QED) is 0.313. The third kappa shape index (κ3) is 6.59. The number of rotatable bonds is 10. The first-order chi connectivity index (χ1) is 16.0. The van der Waals surface area contributed by atoms with Crippen LogP contribution in [0.2, 0.25) is 0 Å². The Kier molecular flexibility index (Phi) is 8.88. The van der Waals surface area contributed by atoms with Crippen molar-refractivity contribution < 1.29 is 28.5 Å². The zero-order chi connectivity index (χ0) is 23.3. The highest BCUT2D eigenvalue weighted by molar-refractivity contribution is 5.72. The largest absolute Gasteiger partial charge is 0.462 e. The fraction of sp³-hybridized carbons (Fsp3) is 0.889. The highest BCUT2D eigenvalue weighted by atomic mass is 16.7. The van der Waals surface area contributed by atoms with Gasteiger partial charge in [-0.3, -0.25) is 4.79 Å². The maximum atomic E-state index is 12.0. The Morgan fingerprint density at radius 2 is 1.82 bits per heavy atom. The predicted octanol–water partition coefficient (Wildman–Crippen LogP) is 5.53. The molecule has 3 saturated heterocycles. The topological polar surface area (TPSA) is 63.2 Å². The molecule has 1 saturated carbocycles. The fourth-order valence-electron chi connectivity index (χ4n) is 5.80. The fourth-order valence-corrected chi connectivity index (χ4v) is 5.80. The molecule has 4 aliphatic rings. The lowest BCUT2D eigenvalue weighted by Crippen LogP contribution is -2.37. The monoisotopic (exact) mass is 464 g/mol. The van der Waals surface area contributed by atoms with E-state index in [9.17, 15) is 4.79 Å². The molecule has 4 rings (SSSR count). The summed E-state index contributed by atoms with van der Waals surface area (Å²) >= 11 is 0. The van der Waals surface area contributed by atoms with Crippen LogP contribution in [-0.4, -0.2) is 50.1 Å². The van der Waals surface area contributed by atoms with E-state index in [4.69, 9.17) is 23.7 Å². The van der Waals surface area contributed by atoms with Crippen molar-refractivity contribution in [2.24, 2.45) is 17.3 Å². The van der Waals surface area contributed by atoms with Gasteiger partial charge >= 0.3 is 5.97 Å². The highest BCUT2D eigenvalue weighted by Gasteiger charge is 2.50. The van der Waals surface area contributed by atoms with E-state index < -0.39 is 0 Å². The average Bonchev–Trinajstić information content (AvgIpc) is 3.32. The highest BCUT2D eigenvalue weighted by Crippen LogP contribution is 2.45. The van der Waals surface area contributed by atoms with Gasteiger partial charge in [0.1, 0.15) is 6.10 Å². The summed E-state index contributed by atoms with van der Waals surface area (Å²) in [5.74, 6) is 0.224. The molecule has 0 aromatic carbocycles. The molecule has 0 bridgehead atoms. The van der Waals surface area contributed by atoms with Crippen molar-refractivity contribution in [1.82, 2.24) is 0 Å². The Hall–Kier alpha value is -0.950. The molecular formula is C27H44O6. The normalized spacial score (nSPS) is 36.2. The third-order valence-electron chi connectivity index (χ3n) is 7.90. The summed E-state index contributed by atoms with van der Waals surface area (Å²) in [6, 6.07) is 0. The van der Waals surface area contributed by atoms with Crippen LogP contribution in [0.4, 0.5) is 0 Å². The van der Waals surface area contributed by atoms with E-state index in [1.54, 1.807) is 0 Å². The van der Waals surface area contributed by atoms with Crippen molar-refractivity contribution in [1.29, 1.82) is 0 Å². The second kappa shape index (κ2) is 11.7. The number of ether oxygens (including phenoxy) is 5. The van der Waals surface area contributed by atoms with Crippen LogP contribution in [0.1, 0.15) is 91.4 Å². The molecule has 4 fully saturated rings. The maximum absolute atomic E-state index is 12.0. The Morgan fingerprint density at radius 1 is 1.09 bits per heavy atom. The van der Waals surface area contributed by atoms with E-state index in [1.165, 1.54) is 12.8 Å². The molecule has 7 atom stereocenters. The number of fused-ring (bicyclic) bond motifs is 1. The van der Waals surface area contributed by atoms with Crippen molar-refractivity contribution in [3.63, 3.8) is 0 Å². The summed E-state index contributed by atoms with van der Waals surface area (Å²) in [4.78, 5) is 12.0. The zero-order valence-corrected chi connectivity index (χ0v) is 20.8. The summed E-state index contributed by atoms with van der Waals surface area (Å²) in [5.41, 5.74) is -0.00382. The first kappa shape index (κ1) is 25.2. The van der Waals surface area contributed by atoms with Crippen molar-refractivity contribution in [3.8, 4) is 0 Å². The molecule has 0 aromatic heterocycles. The van der Waals surface area contributed by atoms with Gasteiger partial charge in [-0.1, -0.05) is 45.8 Å². The molecule has 3 heterocycles. The first-order valence-corrected chi connectivity index (χ1v) is 13.4. The van der Waals surface area contributed by atoms with Crippen LogP contribution in [-0.2, 0) is 28.5 Å². The molecule has 1 aliphatic carbocycles. The molecule has 6 nitrogen and oxygen atoms in total. The predicted molar refractivity (Wildman–Crippen MR) is 125 cm³/mol. The molecule has 0 N–H and O–H groups in total. The Labute approximate surface area is 199 Å². The molecule has 0 radical (unpaired) electrons. The molecule has 0 aromatic rings. The lowest BCUT2D eigenvalue weighted by Gasteiger charge is -2.36. The number of carbonyl (C=O) groups is 1. The Balaban J connectivity index is 1.49. The van der Waals surface area contributed by atoms with Crippen LogP contribution in [0.5, 0.6) is 0 Å². The molecule has 33 heavy (non-hydrogen) atoms. The second-order valence-corrected chi connectivity index (χ2v) is 11.0. The first-order valence-electron chi connectivity index (χ1n) is 13.4. The smallest absolute Gasteiger partial charge is 0.306 e. The van der Waals surface area contributed by atoms with Gasteiger partial charge in [0.2, 0.25) is 0 Å². The number of esters is 1. The molecule has 3 aliphatic heterocycles. The molecule has 0 amide bonds. The summed E-state index contributed by atoms with van der Waals surface area (Å²) in [7, 11) is 0. The van der Waals surface area contributed by atoms with Crippen LogP contribution >= 0.6 is 0 Å². The number of hydrogen-bond acceptors (Lipinski definition) is 6. The van der Waals surface area contributed by atoms with Crippen LogP contribution in [0.25, 0.3) is 0 Å². The minimum Gasteiger partial charge on any atom is -0.462 e. The van der Waals surface area contributed by atoms with Gasteiger partial charge in [-0.05, 0) is 50.4 Å². The number of carbonyl (C=O) groups excluding carboxylic acids is 1. The van der Waals surface area contributed by atoms with E-state index >= 15 is 0 Å². The van der Waals surface area contributed by atoms with Gasteiger partial charge in [0.25, 0.3) is 0 Å². The van der Waals surface area contributed by atoms with Gasteiger partial charge in [0.15, 0.2) is 12.6 Å². The van der Waals surface area contributed by atoms with Crippen molar-refractivity contribution in [2.45, 2.75) is 122 Å². The maximum Gasteiger partial charge on any atom is 0.306 e. The molecule has 188 valence electrons. The summed E-state index contributed by atoms with van der Waals surface area (Å²) in [6.07, 6.45) is 15.2. The van der Waals surface area contributed by atoms with Gasteiger partial charge in [-0.15, -0.1) is 0 Å². The minimum absolute atomic E-state index is 0.00382. The van der Waals surface area contributed by atoms with E-state index in [1.807, 2.05) is 0 Å². The molecule has 0 spiro atoms. The lowest BCUT2D eigenvalue weighted by molar-refractivity contribution is -0.198. The second-order valence-electron chi connectivity index (χ2n) is 11.0. The molecular weight excluding hydrogens is 420 g/mol. The SMILES string of the molecule is CCCCC(C)(C)[C@H](/C=C/[C@@H]1[C@H]2CC(=O)O[C@H]2C[C@H]1OC1CCCCO1)OC1CCCCO1. The third-order valence-corrected chi connectivity index (χ3v) is 7.90. The van der Waals surface area contributed by atoms with Gasteiger partial charge in [0.05, 0.1) is 18.6 Å². The summed E-state index contributed by atoms with van der Waals surface area (Å²) in [5, 5.41) is 0. The van der Waals surface area contributed by atoms with Crippen LogP contribution in [0.3, 0.4) is 0 Å².